The number of halogens is 1. The first-order chi connectivity index (χ1) is 19.1. The molecule has 0 radical (unpaired) electrons. The molecule has 2 N–H and O–H groups in total. The first kappa shape index (κ1) is 29.6. The SMILES string of the molecule is C=C/C(=C\C=C(/C)F)[C@@H]1C[C@H]1NCC[C@H](NC(=O)c1ccc2ccccc2c1)C(=O)N1CCN(S(C)(=O)=O)CC1. The number of allylic oxidation sites excluding steroid dienone is 4. The molecule has 2 aliphatic rings. The van der Waals surface area contributed by atoms with Crippen molar-refractivity contribution >= 4 is 32.6 Å². The first-order valence-electron chi connectivity index (χ1n) is 13.5. The number of carbonyl (C=O) groups is 2. The van der Waals surface area contributed by atoms with Crippen LogP contribution in [0.1, 0.15) is 30.1 Å². The molecule has 2 aromatic carbocycles. The van der Waals surface area contributed by atoms with Gasteiger partial charge in [0.2, 0.25) is 15.9 Å². The molecule has 40 heavy (non-hydrogen) atoms. The van der Waals surface area contributed by atoms with Crippen LogP contribution in [-0.4, -0.2) is 80.5 Å². The van der Waals surface area contributed by atoms with Gasteiger partial charge in [-0.25, -0.2) is 12.8 Å². The molecular formula is C30H37FN4O4S. The maximum atomic E-state index is 13.5. The van der Waals surface area contributed by atoms with Crippen molar-refractivity contribution in [3.8, 4) is 0 Å². The van der Waals surface area contributed by atoms with Gasteiger partial charge in [-0.3, -0.25) is 9.59 Å². The summed E-state index contributed by atoms with van der Waals surface area (Å²) in [5.74, 6) is -0.621. The highest BCUT2D eigenvalue weighted by Crippen LogP contribution is 2.38. The van der Waals surface area contributed by atoms with Crippen molar-refractivity contribution in [2.45, 2.75) is 31.8 Å². The predicted molar refractivity (Wildman–Crippen MR) is 156 cm³/mol. The Hall–Kier alpha value is -3.34. The summed E-state index contributed by atoms with van der Waals surface area (Å²) in [7, 11) is -3.33. The molecule has 2 aromatic rings. The van der Waals surface area contributed by atoms with Crippen LogP contribution in [0.15, 0.2) is 78.7 Å². The van der Waals surface area contributed by atoms with Crippen LogP contribution in [0.25, 0.3) is 10.8 Å². The van der Waals surface area contributed by atoms with Crippen LogP contribution in [-0.2, 0) is 14.8 Å². The number of nitrogens with zero attached hydrogens (tertiary/aromatic N) is 2. The summed E-state index contributed by atoms with van der Waals surface area (Å²) in [5, 5.41) is 8.33. The molecule has 1 saturated carbocycles. The third-order valence-corrected chi connectivity index (χ3v) is 8.74. The molecule has 0 unspecified atom stereocenters. The topological polar surface area (TPSA) is 98.8 Å². The second-order valence-electron chi connectivity index (χ2n) is 10.4. The molecule has 1 aliphatic heterocycles. The van der Waals surface area contributed by atoms with E-state index in [1.165, 1.54) is 17.3 Å². The monoisotopic (exact) mass is 568 g/mol. The molecule has 3 atom stereocenters. The molecule has 2 fully saturated rings. The van der Waals surface area contributed by atoms with Crippen LogP contribution in [0.3, 0.4) is 0 Å². The smallest absolute Gasteiger partial charge is 0.251 e. The molecule has 8 nitrogen and oxygen atoms in total. The van der Waals surface area contributed by atoms with Crippen molar-refractivity contribution in [2.75, 3.05) is 39.0 Å². The third-order valence-electron chi connectivity index (χ3n) is 7.43. The van der Waals surface area contributed by atoms with Crippen molar-refractivity contribution in [1.29, 1.82) is 0 Å². The molecule has 1 saturated heterocycles. The number of sulfonamides is 1. The van der Waals surface area contributed by atoms with Crippen LogP contribution in [0.4, 0.5) is 4.39 Å². The molecule has 0 bridgehead atoms. The Labute approximate surface area is 235 Å². The molecule has 2 amide bonds. The van der Waals surface area contributed by atoms with Gasteiger partial charge in [-0.15, -0.1) is 0 Å². The lowest BCUT2D eigenvalue weighted by molar-refractivity contribution is -0.134. The van der Waals surface area contributed by atoms with E-state index in [2.05, 4.69) is 17.2 Å². The maximum absolute atomic E-state index is 13.5. The van der Waals surface area contributed by atoms with E-state index in [4.69, 9.17) is 0 Å². The molecule has 4 rings (SSSR count). The summed E-state index contributed by atoms with van der Waals surface area (Å²) < 4.78 is 38.3. The average Bonchev–Trinajstić information content (AvgIpc) is 3.70. The summed E-state index contributed by atoms with van der Waals surface area (Å²) in [6, 6.07) is 12.6. The van der Waals surface area contributed by atoms with E-state index in [1.54, 1.807) is 29.2 Å². The van der Waals surface area contributed by atoms with Crippen LogP contribution in [0, 0.1) is 5.92 Å². The Morgan fingerprint density at radius 3 is 2.45 bits per heavy atom. The quantitative estimate of drug-likeness (QED) is 0.405. The lowest BCUT2D eigenvalue weighted by Gasteiger charge is -2.35. The fourth-order valence-corrected chi connectivity index (χ4v) is 5.87. The summed E-state index contributed by atoms with van der Waals surface area (Å²) >= 11 is 0. The third kappa shape index (κ3) is 7.65. The van der Waals surface area contributed by atoms with Gasteiger partial charge in [0.25, 0.3) is 5.91 Å². The number of benzene rings is 2. The van der Waals surface area contributed by atoms with Crippen LogP contribution < -0.4 is 10.6 Å². The zero-order valence-corrected chi connectivity index (χ0v) is 23.8. The molecule has 214 valence electrons. The lowest BCUT2D eigenvalue weighted by Crippen LogP contribution is -2.56. The maximum Gasteiger partial charge on any atom is 0.251 e. The van der Waals surface area contributed by atoms with Crippen molar-refractivity contribution in [3.05, 3.63) is 84.2 Å². The second kappa shape index (κ2) is 12.9. The van der Waals surface area contributed by atoms with Gasteiger partial charge < -0.3 is 15.5 Å². The Morgan fingerprint density at radius 2 is 1.80 bits per heavy atom. The number of hydrogen-bond acceptors (Lipinski definition) is 5. The summed E-state index contributed by atoms with van der Waals surface area (Å²) in [6.07, 6.45) is 7.30. The van der Waals surface area contributed by atoms with Gasteiger partial charge in [-0.2, -0.15) is 4.31 Å². The normalized spacial score (nSPS) is 21.2. The number of fused-ring (bicyclic) bond motifs is 1. The fraction of sp³-hybridized carbons (Fsp3) is 0.400. The van der Waals surface area contributed by atoms with Crippen molar-refractivity contribution in [3.63, 3.8) is 0 Å². The van der Waals surface area contributed by atoms with E-state index >= 15 is 0 Å². The van der Waals surface area contributed by atoms with Gasteiger partial charge in [-0.1, -0.05) is 49.1 Å². The molecule has 0 spiro atoms. The van der Waals surface area contributed by atoms with Crippen LogP contribution in [0.2, 0.25) is 0 Å². The van der Waals surface area contributed by atoms with Crippen molar-refractivity contribution in [1.82, 2.24) is 19.8 Å². The van der Waals surface area contributed by atoms with Crippen LogP contribution in [0.5, 0.6) is 0 Å². The van der Waals surface area contributed by atoms with Gasteiger partial charge >= 0.3 is 0 Å². The van der Waals surface area contributed by atoms with E-state index in [9.17, 15) is 22.4 Å². The number of rotatable bonds is 11. The number of carbonyl (C=O) groups excluding carboxylic acids is 2. The number of hydrogen-bond donors (Lipinski definition) is 2. The molecule has 1 heterocycles. The Bertz CT molecular complexity index is 1430. The summed E-state index contributed by atoms with van der Waals surface area (Å²) in [5.41, 5.74) is 1.42. The predicted octanol–water partition coefficient (Wildman–Crippen LogP) is 3.40. The standard InChI is InChI=1S/C30H37FN4O4S/c1-4-22(10-9-21(2)31)26-20-28(26)32-14-13-27(30(37)34-15-17-35(18-16-34)40(3,38)39)33-29(36)25-12-11-23-7-5-6-8-24(23)19-25/h4-12,19,26-28,32H,1,13-18,20H2,2-3H3,(H,33,36)/b21-9+,22-10+/t26-,27-,28+/m0/s1. The Balaban J connectivity index is 1.42. The van der Waals surface area contributed by atoms with Crippen LogP contribution >= 0.6 is 0 Å². The van der Waals surface area contributed by atoms with Crippen molar-refractivity contribution < 1.29 is 22.4 Å². The van der Waals surface area contributed by atoms with E-state index in [1.807, 2.05) is 30.3 Å². The van der Waals surface area contributed by atoms with E-state index in [0.29, 0.717) is 18.5 Å². The Kier molecular flexibility index (Phi) is 9.55. The molecule has 0 aromatic heterocycles. The molecule has 1 aliphatic carbocycles. The number of piperazine rings is 1. The molecular weight excluding hydrogens is 531 g/mol. The minimum absolute atomic E-state index is 0.183. The van der Waals surface area contributed by atoms with Gasteiger partial charge in [0.05, 0.1) is 12.1 Å². The highest BCUT2D eigenvalue weighted by Gasteiger charge is 2.38. The highest BCUT2D eigenvalue weighted by atomic mass is 32.2. The first-order valence-corrected chi connectivity index (χ1v) is 15.3. The fourth-order valence-electron chi connectivity index (χ4n) is 5.05. The molecule has 10 heteroatoms. The van der Waals surface area contributed by atoms with Crippen molar-refractivity contribution in [2.24, 2.45) is 5.92 Å². The van der Waals surface area contributed by atoms with Gasteiger partial charge in [0.15, 0.2) is 0 Å². The summed E-state index contributed by atoms with van der Waals surface area (Å²) in [4.78, 5) is 28.4. The zero-order valence-electron chi connectivity index (χ0n) is 23.0. The lowest BCUT2D eigenvalue weighted by atomic mass is 10.1. The van der Waals surface area contributed by atoms with Gasteiger partial charge in [-0.05, 0) is 60.9 Å². The average molecular weight is 569 g/mol. The van der Waals surface area contributed by atoms with E-state index in [0.717, 1.165) is 29.0 Å². The second-order valence-corrected chi connectivity index (χ2v) is 12.4. The minimum Gasteiger partial charge on any atom is -0.340 e. The van der Waals surface area contributed by atoms with Gasteiger partial charge in [0, 0.05) is 43.7 Å². The van der Waals surface area contributed by atoms with E-state index in [-0.39, 0.29) is 55.8 Å². The largest absolute Gasteiger partial charge is 0.340 e. The van der Waals surface area contributed by atoms with E-state index < -0.39 is 16.1 Å². The van der Waals surface area contributed by atoms with Gasteiger partial charge in [0.1, 0.15) is 6.04 Å². The number of nitrogens with one attached hydrogen (secondary N) is 2. The zero-order chi connectivity index (χ0) is 28.9. The number of amides is 2. The minimum atomic E-state index is -3.33. The highest BCUT2D eigenvalue weighted by molar-refractivity contribution is 7.88. The Morgan fingerprint density at radius 1 is 1.10 bits per heavy atom. The summed E-state index contributed by atoms with van der Waals surface area (Å²) in [6.45, 7) is 6.69.